The number of hydrogen-bond acceptors (Lipinski definition) is 5. The van der Waals surface area contributed by atoms with Gasteiger partial charge in [-0.2, -0.15) is 0 Å². The lowest BCUT2D eigenvalue weighted by molar-refractivity contribution is -0.118. The number of fused-ring (bicyclic) bond motifs is 1. The van der Waals surface area contributed by atoms with Gasteiger partial charge in [-0.05, 0) is 49.4 Å². The third-order valence-electron chi connectivity index (χ3n) is 3.31. The lowest BCUT2D eigenvalue weighted by Crippen LogP contribution is -2.25. The molecule has 3 rings (SSSR count). The lowest BCUT2D eigenvalue weighted by atomic mass is 10.2. The summed E-state index contributed by atoms with van der Waals surface area (Å²) >= 11 is 0. The van der Waals surface area contributed by atoms with Gasteiger partial charge in [0.1, 0.15) is 11.5 Å². The highest BCUT2D eigenvalue weighted by molar-refractivity contribution is 7.92. The van der Waals surface area contributed by atoms with Crippen LogP contribution in [-0.2, 0) is 14.8 Å². The fourth-order valence-electron chi connectivity index (χ4n) is 2.23. The van der Waals surface area contributed by atoms with E-state index in [1.54, 1.807) is 24.3 Å². The first-order valence-electron chi connectivity index (χ1n) is 7.30. The minimum atomic E-state index is -3.79. The predicted octanol–water partition coefficient (Wildman–Crippen LogP) is 2.22. The number of ether oxygens (including phenoxy) is 2. The third kappa shape index (κ3) is 3.43. The van der Waals surface area contributed by atoms with Crippen LogP contribution in [0.4, 0.5) is 11.4 Å². The lowest BCUT2D eigenvalue weighted by Gasteiger charge is -2.18. The second-order valence-corrected chi connectivity index (χ2v) is 6.74. The molecule has 0 saturated heterocycles. The molecule has 0 atom stereocenters. The van der Waals surface area contributed by atoms with E-state index in [1.807, 2.05) is 6.92 Å². The first kappa shape index (κ1) is 16.1. The molecule has 0 aliphatic carbocycles. The molecule has 1 aliphatic heterocycles. The van der Waals surface area contributed by atoms with Crippen LogP contribution >= 0.6 is 0 Å². The van der Waals surface area contributed by atoms with E-state index in [2.05, 4.69) is 10.0 Å². The molecule has 2 N–H and O–H groups in total. The van der Waals surface area contributed by atoms with E-state index in [4.69, 9.17) is 9.47 Å². The molecule has 0 fully saturated rings. The first-order chi connectivity index (χ1) is 11.5. The molecule has 1 aliphatic rings. The molecule has 1 amide bonds. The van der Waals surface area contributed by atoms with Crippen LogP contribution < -0.4 is 19.5 Å². The van der Waals surface area contributed by atoms with Crippen LogP contribution in [0.25, 0.3) is 0 Å². The summed E-state index contributed by atoms with van der Waals surface area (Å²) in [6, 6.07) is 10.9. The van der Waals surface area contributed by atoms with Crippen molar-refractivity contribution >= 4 is 27.3 Å². The Hall–Kier alpha value is -2.74. The van der Waals surface area contributed by atoms with Crippen molar-refractivity contribution in [3.63, 3.8) is 0 Å². The van der Waals surface area contributed by atoms with E-state index in [9.17, 15) is 13.2 Å². The van der Waals surface area contributed by atoms with E-state index < -0.39 is 10.0 Å². The summed E-state index contributed by atoms with van der Waals surface area (Å²) in [5.74, 6) is 0.778. The first-order valence-corrected chi connectivity index (χ1v) is 8.78. The molecule has 2 aromatic rings. The molecule has 0 unspecified atom stereocenters. The molecule has 0 saturated carbocycles. The Kier molecular flexibility index (Phi) is 4.30. The van der Waals surface area contributed by atoms with E-state index in [0.29, 0.717) is 29.5 Å². The summed E-state index contributed by atoms with van der Waals surface area (Å²) in [6.45, 7) is 2.33. The van der Waals surface area contributed by atoms with Gasteiger partial charge in [-0.3, -0.25) is 9.52 Å². The maximum Gasteiger partial charge on any atom is 0.262 e. The predicted molar refractivity (Wildman–Crippen MR) is 89.0 cm³/mol. The van der Waals surface area contributed by atoms with Crippen LogP contribution in [0.1, 0.15) is 6.92 Å². The quantitative estimate of drug-likeness (QED) is 0.864. The highest BCUT2D eigenvalue weighted by atomic mass is 32.2. The Balaban J connectivity index is 1.82. The Labute approximate surface area is 139 Å². The second-order valence-electron chi connectivity index (χ2n) is 5.06. The van der Waals surface area contributed by atoms with Crippen molar-refractivity contribution in [1.29, 1.82) is 0 Å². The molecule has 7 nitrogen and oxygen atoms in total. The highest BCUT2D eigenvalue weighted by Crippen LogP contribution is 2.30. The monoisotopic (exact) mass is 348 g/mol. The zero-order valence-corrected chi connectivity index (χ0v) is 13.7. The standard InChI is InChI=1S/C16H16N2O5S/c1-2-22-12-5-3-11(4-6-12)18-24(20,21)13-7-8-15-14(9-13)17-16(19)10-23-15/h3-9,18H,2,10H2,1H3,(H,17,19). The fourth-order valence-corrected chi connectivity index (χ4v) is 3.31. The summed E-state index contributed by atoms with van der Waals surface area (Å²) in [6.07, 6.45) is 0. The average Bonchev–Trinajstić information content (AvgIpc) is 2.56. The van der Waals surface area contributed by atoms with E-state index in [0.717, 1.165) is 0 Å². The van der Waals surface area contributed by atoms with Gasteiger partial charge in [0, 0.05) is 5.69 Å². The molecule has 24 heavy (non-hydrogen) atoms. The number of sulfonamides is 1. The maximum absolute atomic E-state index is 12.5. The zero-order valence-electron chi connectivity index (χ0n) is 12.9. The Morgan fingerprint density at radius 1 is 1.21 bits per heavy atom. The largest absolute Gasteiger partial charge is 0.494 e. The fraction of sp³-hybridized carbons (Fsp3) is 0.188. The van der Waals surface area contributed by atoms with Crippen molar-refractivity contribution in [3.05, 3.63) is 42.5 Å². The van der Waals surface area contributed by atoms with Crippen LogP contribution in [0.3, 0.4) is 0 Å². The van der Waals surface area contributed by atoms with Crippen LogP contribution in [0.15, 0.2) is 47.4 Å². The molecule has 0 spiro atoms. The SMILES string of the molecule is CCOc1ccc(NS(=O)(=O)c2ccc3c(c2)NC(=O)CO3)cc1. The Morgan fingerprint density at radius 3 is 2.67 bits per heavy atom. The van der Waals surface area contributed by atoms with Crippen LogP contribution in [0.2, 0.25) is 0 Å². The molecule has 126 valence electrons. The van der Waals surface area contributed by atoms with E-state index in [1.165, 1.54) is 18.2 Å². The van der Waals surface area contributed by atoms with Gasteiger partial charge in [-0.25, -0.2) is 8.42 Å². The van der Waals surface area contributed by atoms with Crippen molar-refractivity contribution in [1.82, 2.24) is 0 Å². The number of benzene rings is 2. The summed E-state index contributed by atoms with van der Waals surface area (Å²) < 4.78 is 38.0. The Bertz CT molecular complexity index is 863. The molecule has 8 heteroatoms. The summed E-state index contributed by atoms with van der Waals surface area (Å²) in [7, 11) is -3.79. The minimum absolute atomic E-state index is 0.0286. The molecule has 0 radical (unpaired) electrons. The molecular weight excluding hydrogens is 332 g/mol. The number of hydrogen-bond donors (Lipinski definition) is 2. The van der Waals surface area contributed by atoms with Crippen molar-refractivity contribution in [2.24, 2.45) is 0 Å². The van der Waals surface area contributed by atoms with Crippen molar-refractivity contribution < 1.29 is 22.7 Å². The third-order valence-corrected chi connectivity index (χ3v) is 4.69. The van der Waals surface area contributed by atoms with Gasteiger partial charge in [0.25, 0.3) is 15.9 Å². The van der Waals surface area contributed by atoms with Crippen LogP contribution in [-0.4, -0.2) is 27.5 Å². The maximum atomic E-state index is 12.5. The number of nitrogens with one attached hydrogen (secondary N) is 2. The van der Waals surface area contributed by atoms with Crippen molar-refractivity contribution in [2.45, 2.75) is 11.8 Å². The van der Waals surface area contributed by atoms with E-state index in [-0.39, 0.29) is 17.4 Å². The van der Waals surface area contributed by atoms with Crippen molar-refractivity contribution in [2.75, 3.05) is 23.3 Å². The van der Waals surface area contributed by atoms with Crippen LogP contribution in [0, 0.1) is 0 Å². The molecule has 0 aromatic heterocycles. The van der Waals surface area contributed by atoms with Gasteiger partial charge in [0.05, 0.1) is 17.2 Å². The summed E-state index contributed by atoms with van der Waals surface area (Å²) in [5, 5.41) is 2.59. The minimum Gasteiger partial charge on any atom is -0.494 e. The molecule has 1 heterocycles. The molecular formula is C16H16N2O5S. The van der Waals surface area contributed by atoms with E-state index >= 15 is 0 Å². The number of rotatable bonds is 5. The smallest absolute Gasteiger partial charge is 0.262 e. The highest BCUT2D eigenvalue weighted by Gasteiger charge is 2.21. The summed E-state index contributed by atoms with van der Waals surface area (Å²) in [5.41, 5.74) is 0.747. The normalized spacial score (nSPS) is 13.5. The number of carbonyl (C=O) groups is 1. The zero-order chi connectivity index (χ0) is 17.2. The number of amides is 1. The number of anilines is 2. The average molecular weight is 348 g/mol. The van der Waals surface area contributed by atoms with Gasteiger partial charge in [-0.1, -0.05) is 0 Å². The molecule has 2 aromatic carbocycles. The van der Waals surface area contributed by atoms with Gasteiger partial charge < -0.3 is 14.8 Å². The van der Waals surface area contributed by atoms with Gasteiger partial charge >= 0.3 is 0 Å². The molecule has 0 bridgehead atoms. The van der Waals surface area contributed by atoms with Gasteiger partial charge in [0.2, 0.25) is 0 Å². The second kappa shape index (κ2) is 6.40. The van der Waals surface area contributed by atoms with Crippen LogP contribution in [0.5, 0.6) is 11.5 Å². The topological polar surface area (TPSA) is 93.7 Å². The van der Waals surface area contributed by atoms with Gasteiger partial charge in [-0.15, -0.1) is 0 Å². The Morgan fingerprint density at radius 2 is 1.96 bits per heavy atom. The van der Waals surface area contributed by atoms with Gasteiger partial charge in [0.15, 0.2) is 6.61 Å². The number of carbonyl (C=O) groups excluding carboxylic acids is 1. The summed E-state index contributed by atoms with van der Waals surface area (Å²) in [4.78, 5) is 11.4. The van der Waals surface area contributed by atoms with Crippen molar-refractivity contribution in [3.8, 4) is 11.5 Å².